The van der Waals surface area contributed by atoms with Gasteiger partial charge in [-0.1, -0.05) is 13.0 Å². The van der Waals surface area contributed by atoms with Crippen molar-refractivity contribution in [1.29, 1.82) is 0 Å². The Balaban J connectivity index is 1.89. The number of methoxy groups -OCH3 is 1. The Hall–Kier alpha value is -3.27. The normalized spacial score (nSPS) is 39.2. The lowest BCUT2D eigenvalue weighted by molar-refractivity contribution is -0.196. The molecule has 1 aromatic heterocycles. The van der Waals surface area contributed by atoms with Gasteiger partial charge in [0.05, 0.1) is 36.2 Å². The molecular formula is C27H32O10. The number of Topliss-reactive ketones (excluding diaryl/α,β-unsaturated/α-hetero) is 2. The second kappa shape index (κ2) is 8.37. The number of hydrogen-bond acceptors (Lipinski definition) is 10. The van der Waals surface area contributed by atoms with Crippen molar-refractivity contribution < 1.29 is 47.7 Å². The Morgan fingerprint density at radius 2 is 1.78 bits per heavy atom. The van der Waals surface area contributed by atoms with Gasteiger partial charge >= 0.3 is 17.9 Å². The SMILES string of the molecule is COC(=O)[C@]1(O)C(=O)[C@H](C)[C@H]([C@@]2(C)OC(=O)C[C@@]23C=CC(=O)OC3(C)C)CC[C@]1(C)C(=O)c1ccoc1. The molecule has 1 aromatic rings. The van der Waals surface area contributed by atoms with Crippen LogP contribution in [0.5, 0.6) is 0 Å². The van der Waals surface area contributed by atoms with E-state index in [1.54, 1.807) is 26.8 Å². The first-order valence-electron chi connectivity index (χ1n) is 12.2. The number of furan rings is 1. The van der Waals surface area contributed by atoms with Crippen LogP contribution in [-0.2, 0) is 33.4 Å². The highest BCUT2D eigenvalue weighted by atomic mass is 16.6. The number of cyclic esters (lactones) is 2. The quantitative estimate of drug-likeness (QED) is 0.208. The molecule has 1 saturated carbocycles. The summed E-state index contributed by atoms with van der Waals surface area (Å²) in [7, 11) is 1.03. The lowest BCUT2D eigenvalue weighted by Gasteiger charge is -2.53. The molecule has 37 heavy (non-hydrogen) atoms. The first kappa shape index (κ1) is 26.8. The van der Waals surface area contributed by atoms with E-state index in [1.807, 2.05) is 0 Å². The predicted octanol–water partition coefficient (Wildman–Crippen LogP) is 2.57. The molecule has 0 bridgehead atoms. The molecule has 3 aliphatic rings. The number of ketones is 2. The highest BCUT2D eigenvalue weighted by Gasteiger charge is 2.73. The fourth-order valence-corrected chi connectivity index (χ4v) is 6.87. The zero-order valence-corrected chi connectivity index (χ0v) is 21.8. The van der Waals surface area contributed by atoms with Gasteiger partial charge in [-0.3, -0.25) is 14.4 Å². The third-order valence-electron chi connectivity index (χ3n) is 9.17. The topological polar surface area (TPSA) is 146 Å². The van der Waals surface area contributed by atoms with Crippen molar-refractivity contribution in [3.8, 4) is 0 Å². The molecule has 2 fully saturated rings. The monoisotopic (exact) mass is 516 g/mol. The minimum absolute atomic E-state index is 0.0852. The van der Waals surface area contributed by atoms with E-state index in [4.69, 9.17) is 18.6 Å². The third-order valence-corrected chi connectivity index (χ3v) is 9.17. The fraction of sp³-hybridized carbons (Fsp3) is 0.593. The minimum atomic E-state index is -2.82. The maximum atomic E-state index is 14.1. The Morgan fingerprint density at radius 3 is 2.35 bits per heavy atom. The summed E-state index contributed by atoms with van der Waals surface area (Å²) in [5.41, 5.74) is -8.38. The van der Waals surface area contributed by atoms with Crippen molar-refractivity contribution in [2.75, 3.05) is 7.11 Å². The summed E-state index contributed by atoms with van der Waals surface area (Å²) in [5, 5.41) is 11.8. The van der Waals surface area contributed by atoms with E-state index < -0.39 is 68.9 Å². The Kier molecular flexibility index (Phi) is 6.06. The van der Waals surface area contributed by atoms with E-state index in [0.717, 1.165) is 7.11 Å². The summed E-state index contributed by atoms with van der Waals surface area (Å²) in [5.74, 6) is -5.76. The number of esters is 3. The second-order valence-electron chi connectivity index (χ2n) is 11.2. The number of ether oxygens (including phenoxy) is 3. The number of hydrogen-bond donors (Lipinski definition) is 1. The lowest BCUT2D eigenvalue weighted by Crippen LogP contribution is -2.64. The zero-order valence-electron chi connectivity index (χ0n) is 21.8. The van der Waals surface area contributed by atoms with E-state index in [1.165, 1.54) is 38.5 Å². The van der Waals surface area contributed by atoms with Gasteiger partial charge in [-0.05, 0) is 46.6 Å². The van der Waals surface area contributed by atoms with Crippen LogP contribution in [0.2, 0.25) is 0 Å². The standard InChI is InChI=1S/C27H32O10/c1-15-17(25(5)26(13-19(29)37-25)11-8-18(28)36-23(26,2)3)7-10-24(4,21(31)16-9-12-35-14-16)27(33,20(15)30)22(32)34-6/h8-9,11-12,14-15,17,33H,7,10,13H2,1-6H3/t15-,17-,24-,25-,26-,27-/m1/s1. The number of carbonyl (C=O) groups excluding carboxylic acids is 5. The van der Waals surface area contributed by atoms with Crippen molar-refractivity contribution in [3.05, 3.63) is 36.3 Å². The molecule has 3 heterocycles. The molecule has 1 spiro atoms. The van der Waals surface area contributed by atoms with E-state index in [-0.39, 0.29) is 24.8 Å². The van der Waals surface area contributed by atoms with Gasteiger partial charge < -0.3 is 23.7 Å². The summed E-state index contributed by atoms with van der Waals surface area (Å²) < 4.78 is 21.5. The van der Waals surface area contributed by atoms with Crippen molar-refractivity contribution in [3.63, 3.8) is 0 Å². The van der Waals surface area contributed by atoms with Crippen LogP contribution in [0.15, 0.2) is 35.2 Å². The Bertz CT molecular complexity index is 1200. The maximum Gasteiger partial charge on any atom is 0.346 e. The highest BCUT2D eigenvalue weighted by Crippen LogP contribution is 2.62. The molecule has 2 aliphatic heterocycles. The van der Waals surface area contributed by atoms with Crippen LogP contribution in [-0.4, -0.2) is 58.5 Å². The molecule has 1 saturated heterocycles. The smallest absolute Gasteiger partial charge is 0.346 e. The molecule has 0 unspecified atom stereocenters. The molecule has 1 N–H and O–H groups in total. The van der Waals surface area contributed by atoms with E-state index in [9.17, 15) is 29.1 Å². The average molecular weight is 517 g/mol. The summed E-state index contributed by atoms with van der Waals surface area (Å²) in [6, 6.07) is 1.39. The zero-order chi connectivity index (χ0) is 27.6. The van der Waals surface area contributed by atoms with Gasteiger partial charge in [-0.25, -0.2) is 9.59 Å². The maximum absolute atomic E-state index is 14.1. The molecule has 0 aromatic carbocycles. The van der Waals surface area contributed by atoms with Crippen molar-refractivity contribution in [2.24, 2.45) is 22.7 Å². The van der Waals surface area contributed by atoms with Crippen LogP contribution >= 0.6 is 0 Å². The van der Waals surface area contributed by atoms with Gasteiger partial charge in [0.25, 0.3) is 0 Å². The summed E-state index contributed by atoms with van der Waals surface area (Å²) in [4.78, 5) is 65.7. The Morgan fingerprint density at radius 1 is 1.11 bits per heavy atom. The summed E-state index contributed by atoms with van der Waals surface area (Å²) >= 11 is 0. The molecule has 4 rings (SSSR count). The van der Waals surface area contributed by atoms with Crippen molar-refractivity contribution in [1.82, 2.24) is 0 Å². The number of carbonyl (C=O) groups is 5. The largest absolute Gasteiger partial charge is 0.472 e. The average Bonchev–Trinajstić information content (AvgIpc) is 3.44. The molecule has 0 radical (unpaired) electrons. The molecule has 200 valence electrons. The van der Waals surface area contributed by atoms with Crippen LogP contribution in [0.3, 0.4) is 0 Å². The molecular weight excluding hydrogens is 484 g/mol. The van der Waals surface area contributed by atoms with Gasteiger partial charge in [-0.2, -0.15) is 0 Å². The van der Waals surface area contributed by atoms with E-state index in [2.05, 4.69) is 0 Å². The van der Waals surface area contributed by atoms with Crippen LogP contribution in [0.25, 0.3) is 0 Å². The van der Waals surface area contributed by atoms with E-state index >= 15 is 0 Å². The Labute approximate surface area is 214 Å². The number of rotatable bonds is 4. The molecule has 10 heteroatoms. The minimum Gasteiger partial charge on any atom is -0.472 e. The molecule has 1 aliphatic carbocycles. The molecule has 0 amide bonds. The predicted molar refractivity (Wildman–Crippen MR) is 126 cm³/mol. The van der Waals surface area contributed by atoms with Gasteiger partial charge in [0.1, 0.15) is 17.5 Å². The van der Waals surface area contributed by atoms with Gasteiger partial charge in [0.15, 0.2) is 11.6 Å². The van der Waals surface area contributed by atoms with Crippen LogP contribution in [0, 0.1) is 22.7 Å². The first-order valence-corrected chi connectivity index (χ1v) is 12.2. The van der Waals surface area contributed by atoms with Gasteiger partial charge in [0, 0.05) is 17.9 Å². The molecule has 10 nitrogen and oxygen atoms in total. The summed E-state index contributed by atoms with van der Waals surface area (Å²) in [6.07, 6.45) is 5.20. The van der Waals surface area contributed by atoms with Crippen LogP contribution < -0.4 is 0 Å². The second-order valence-corrected chi connectivity index (χ2v) is 11.2. The summed E-state index contributed by atoms with van der Waals surface area (Å²) in [6.45, 7) is 7.92. The van der Waals surface area contributed by atoms with Crippen molar-refractivity contribution in [2.45, 2.75) is 70.7 Å². The first-order chi connectivity index (χ1) is 17.1. The van der Waals surface area contributed by atoms with Gasteiger partial charge in [-0.15, -0.1) is 0 Å². The van der Waals surface area contributed by atoms with Crippen LogP contribution in [0.1, 0.15) is 64.2 Å². The highest BCUT2D eigenvalue weighted by molar-refractivity contribution is 6.16. The van der Waals surface area contributed by atoms with E-state index in [0.29, 0.717) is 0 Å². The lowest BCUT2D eigenvalue weighted by atomic mass is 9.55. The van der Waals surface area contributed by atoms with Crippen LogP contribution in [0.4, 0.5) is 0 Å². The fourth-order valence-electron chi connectivity index (χ4n) is 6.87. The third kappa shape index (κ3) is 3.37. The van der Waals surface area contributed by atoms with Gasteiger partial charge in [0.2, 0.25) is 5.60 Å². The molecule has 6 atom stereocenters. The van der Waals surface area contributed by atoms with Crippen molar-refractivity contribution >= 4 is 29.5 Å². The number of aliphatic hydroxyl groups is 1.